The minimum Gasteiger partial charge on any atom is -0.366 e. The number of hydrogen-bond donors (Lipinski definition) is 3. The lowest BCUT2D eigenvalue weighted by atomic mass is 9.86. The summed E-state index contributed by atoms with van der Waals surface area (Å²) < 4.78 is 13.7. The van der Waals surface area contributed by atoms with Gasteiger partial charge in [0.25, 0.3) is 11.8 Å². The summed E-state index contributed by atoms with van der Waals surface area (Å²) >= 11 is 0. The number of carbonyl (C=O) groups is 2. The molecule has 0 spiro atoms. The number of primary amides is 1. The second kappa shape index (κ2) is 5.06. The van der Waals surface area contributed by atoms with Crippen LogP contribution in [0.15, 0.2) is 18.2 Å². The summed E-state index contributed by atoms with van der Waals surface area (Å²) in [4.78, 5) is 27.4. The summed E-state index contributed by atoms with van der Waals surface area (Å²) in [6, 6.07) is 4.26. The Morgan fingerprint density at radius 3 is 2.83 bits per heavy atom. The number of allylic oxidation sites excluding steroid dienone is 1. The van der Waals surface area contributed by atoms with Crippen LogP contribution in [0.25, 0.3) is 11.1 Å². The van der Waals surface area contributed by atoms with Gasteiger partial charge in [-0.3, -0.25) is 9.59 Å². The molecule has 1 aliphatic heterocycles. The highest BCUT2D eigenvalue weighted by Gasteiger charge is 2.32. The predicted octanol–water partition coefficient (Wildman–Crippen LogP) is 2.76. The third-order valence-corrected chi connectivity index (χ3v) is 4.72. The van der Waals surface area contributed by atoms with Gasteiger partial charge in [0.15, 0.2) is 0 Å². The van der Waals surface area contributed by atoms with Crippen molar-refractivity contribution in [1.82, 2.24) is 4.98 Å². The number of halogens is 1. The highest BCUT2D eigenvalue weighted by atomic mass is 19.1. The van der Waals surface area contributed by atoms with Crippen LogP contribution >= 0.6 is 0 Å². The number of hydrogen-bond acceptors (Lipinski definition) is 2. The lowest BCUT2D eigenvalue weighted by molar-refractivity contribution is -0.110. The molecule has 5 nitrogen and oxygen atoms in total. The standard InChI is InChI=1S/C18H16FN3O2/c1-8-14(17(20)23)10-3-2-4-11(16(10)21-8)15-12-7-9(19)5-6-13(12)22-18(15)24/h5-7,21H,2-4H2,1H3,(H2,20,23)(H,22,24)/b15-11-. The zero-order chi connectivity index (χ0) is 17.0. The van der Waals surface area contributed by atoms with Crippen molar-refractivity contribution in [2.45, 2.75) is 26.2 Å². The first-order chi connectivity index (χ1) is 11.5. The number of nitrogens with one attached hydrogen (secondary N) is 2. The summed E-state index contributed by atoms with van der Waals surface area (Å²) in [7, 11) is 0. The molecule has 0 bridgehead atoms. The van der Waals surface area contributed by atoms with Crippen molar-refractivity contribution >= 4 is 28.6 Å². The molecule has 24 heavy (non-hydrogen) atoms. The number of amides is 2. The van der Waals surface area contributed by atoms with Gasteiger partial charge in [-0.1, -0.05) is 0 Å². The summed E-state index contributed by atoms with van der Waals surface area (Å²) in [5, 5.41) is 2.78. The molecular formula is C18H16FN3O2. The van der Waals surface area contributed by atoms with Crippen molar-refractivity contribution in [2.75, 3.05) is 5.32 Å². The minimum atomic E-state index is -0.474. The summed E-state index contributed by atoms with van der Waals surface area (Å²) in [6.07, 6.45) is 2.22. The lowest BCUT2D eigenvalue weighted by Crippen LogP contribution is -2.15. The first kappa shape index (κ1) is 14.7. The molecule has 1 aromatic heterocycles. The third kappa shape index (κ3) is 1.99. The van der Waals surface area contributed by atoms with Gasteiger partial charge < -0.3 is 16.0 Å². The summed E-state index contributed by atoms with van der Waals surface area (Å²) in [5.41, 5.74) is 10.8. The van der Waals surface area contributed by atoms with E-state index < -0.39 is 5.91 Å². The number of carbonyl (C=O) groups excluding carboxylic acids is 2. The molecule has 0 radical (unpaired) electrons. The van der Waals surface area contributed by atoms with Crippen LogP contribution in [0.4, 0.5) is 10.1 Å². The molecule has 1 aromatic carbocycles. The van der Waals surface area contributed by atoms with Crippen molar-refractivity contribution in [3.8, 4) is 0 Å². The van der Waals surface area contributed by atoms with Gasteiger partial charge >= 0.3 is 0 Å². The van der Waals surface area contributed by atoms with E-state index in [0.717, 1.165) is 29.7 Å². The molecule has 0 unspecified atom stereocenters. The zero-order valence-corrected chi connectivity index (χ0v) is 13.1. The molecule has 1 aliphatic carbocycles. The quantitative estimate of drug-likeness (QED) is 0.704. The van der Waals surface area contributed by atoms with Crippen molar-refractivity contribution in [2.24, 2.45) is 5.73 Å². The van der Waals surface area contributed by atoms with E-state index in [0.29, 0.717) is 34.5 Å². The van der Waals surface area contributed by atoms with E-state index in [1.807, 2.05) is 0 Å². The Balaban J connectivity index is 1.99. The number of rotatable bonds is 1. The molecule has 2 aliphatic rings. The maximum atomic E-state index is 13.7. The van der Waals surface area contributed by atoms with E-state index in [1.165, 1.54) is 12.1 Å². The Morgan fingerprint density at radius 2 is 2.08 bits per heavy atom. The lowest BCUT2D eigenvalue weighted by Gasteiger charge is -2.18. The van der Waals surface area contributed by atoms with Gasteiger partial charge in [0.1, 0.15) is 5.82 Å². The van der Waals surface area contributed by atoms with Crippen LogP contribution in [0.3, 0.4) is 0 Å². The molecule has 4 N–H and O–H groups in total. The SMILES string of the molecule is Cc1[nH]c2c(c1C(N)=O)CCC/C2=C1/C(=O)Nc2ccc(F)cc21. The van der Waals surface area contributed by atoms with E-state index >= 15 is 0 Å². The molecule has 0 saturated heterocycles. The van der Waals surface area contributed by atoms with E-state index in [-0.39, 0.29) is 11.7 Å². The number of fused-ring (bicyclic) bond motifs is 2. The summed E-state index contributed by atoms with van der Waals surface area (Å²) in [5.74, 6) is -1.11. The highest BCUT2D eigenvalue weighted by Crippen LogP contribution is 2.43. The number of aromatic nitrogens is 1. The van der Waals surface area contributed by atoms with E-state index in [9.17, 15) is 14.0 Å². The average molecular weight is 325 g/mol. The topological polar surface area (TPSA) is 88.0 Å². The number of nitrogens with two attached hydrogens (primary N) is 1. The van der Waals surface area contributed by atoms with Gasteiger partial charge in [0, 0.05) is 22.6 Å². The molecule has 0 atom stereocenters. The van der Waals surface area contributed by atoms with Gasteiger partial charge in [0.05, 0.1) is 11.1 Å². The van der Waals surface area contributed by atoms with Crippen molar-refractivity contribution in [1.29, 1.82) is 0 Å². The van der Waals surface area contributed by atoms with Crippen LogP contribution in [0, 0.1) is 12.7 Å². The zero-order valence-electron chi connectivity index (χ0n) is 13.1. The Hall–Kier alpha value is -2.89. The number of anilines is 1. The molecule has 122 valence electrons. The van der Waals surface area contributed by atoms with Gasteiger partial charge in [-0.2, -0.15) is 0 Å². The Bertz CT molecular complexity index is 940. The maximum Gasteiger partial charge on any atom is 0.256 e. The van der Waals surface area contributed by atoms with E-state index in [4.69, 9.17) is 5.73 Å². The van der Waals surface area contributed by atoms with Crippen LogP contribution < -0.4 is 11.1 Å². The fraction of sp³-hybridized carbons (Fsp3) is 0.222. The molecular weight excluding hydrogens is 309 g/mol. The third-order valence-electron chi connectivity index (χ3n) is 4.72. The van der Waals surface area contributed by atoms with Crippen LogP contribution in [0.2, 0.25) is 0 Å². The molecule has 4 rings (SSSR count). The number of aromatic amines is 1. The molecule has 6 heteroatoms. The molecule has 2 heterocycles. The maximum absolute atomic E-state index is 13.7. The number of aryl methyl sites for hydroxylation is 1. The van der Waals surface area contributed by atoms with E-state index in [2.05, 4.69) is 10.3 Å². The second-order valence-corrected chi connectivity index (χ2v) is 6.19. The highest BCUT2D eigenvalue weighted by molar-refractivity contribution is 6.36. The average Bonchev–Trinajstić information content (AvgIpc) is 3.02. The molecule has 2 amide bonds. The first-order valence-corrected chi connectivity index (χ1v) is 7.83. The number of benzene rings is 1. The Kier molecular flexibility index (Phi) is 3.09. The minimum absolute atomic E-state index is 0.244. The fourth-order valence-electron chi connectivity index (χ4n) is 3.77. The largest absolute Gasteiger partial charge is 0.366 e. The van der Waals surface area contributed by atoms with Crippen molar-refractivity contribution in [3.05, 3.63) is 52.1 Å². The van der Waals surface area contributed by atoms with Crippen LogP contribution in [0.5, 0.6) is 0 Å². The van der Waals surface area contributed by atoms with Crippen LogP contribution in [-0.4, -0.2) is 16.8 Å². The molecule has 2 aromatic rings. The fourth-order valence-corrected chi connectivity index (χ4v) is 3.77. The van der Waals surface area contributed by atoms with Gasteiger partial charge in [-0.05, 0) is 55.5 Å². The summed E-state index contributed by atoms with van der Waals surface area (Å²) in [6.45, 7) is 1.79. The molecule has 0 fully saturated rings. The monoisotopic (exact) mass is 325 g/mol. The smallest absolute Gasteiger partial charge is 0.256 e. The van der Waals surface area contributed by atoms with Crippen molar-refractivity contribution < 1.29 is 14.0 Å². The van der Waals surface area contributed by atoms with Gasteiger partial charge in [0.2, 0.25) is 0 Å². The predicted molar refractivity (Wildman–Crippen MR) is 88.8 cm³/mol. The number of H-pyrrole nitrogens is 1. The first-order valence-electron chi connectivity index (χ1n) is 7.83. The van der Waals surface area contributed by atoms with Gasteiger partial charge in [-0.15, -0.1) is 0 Å². The Morgan fingerprint density at radius 1 is 1.29 bits per heavy atom. The second-order valence-electron chi connectivity index (χ2n) is 6.19. The molecule has 0 saturated carbocycles. The van der Waals surface area contributed by atoms with E-state index in [1.54, 1.807) is 13.0 Å². The normalized spacial score (nSPS) is 19.0. The van der Waals surface area contributed by atoms with Gasteiger partial charge in [-0.25, -0.2) is 4.39 Å². The Labute approximate surface area is 137 Å². The van der Waals surface area contributed by atoms with Crippen LogP contribution in [-0.2, 0) is 11.2 Å². The van der Waals surface area contributed by atoms with Crippen molar-refractivity contribution in [3.63, 3.8) is 0 Å². The van der Waals surface area contributed by atoms with Crippen LogP contribution in [0.1, 0.15) is 45.7 Å².